The first-order chi connectivity index (χ1) is 11.8. The molecule has 0 atom stereocenters. The summed E-state index contributed by atoms with van der Waals surface area (Å²) in [7, 11) is 1.71. The van der Waals surface area contributed by atoms with Gasteiger partial charge in [-0.2, -0.15) is 0 Å². The number of unbranched alkanes of at least 4 members (excludes halogenated alkanes) is 1. The molecular formula is C19H34N4OS. The van der Waals surface area contributed by atoms with Crippen molar-refractivity contribution in [2.75, 3.05) is 7.05 Å². The first-order valence-electron chi connectivity index (χ1n) is 8.63. The van der Waals surface area contributed by atoms with Crippen molar-refractivity contribution in [3.63, 3.8) is 0 Å². The predicted molar refractivity (Wildman–Crippen MR) is 113 cm³/mol. The van der Waals surface area contributed by atoms with Gasteiger partial charge in [0.15, 0.2) is 5.78 Å². The summed E-state index contributed by atoms with van der Waals surface area (Å²) < 4.78 is 0. The van der Waals surface area contributed by atoms with Gasteiger partial charge in [0.2, 0.25) is 0 Å². The number of ketones is 1. The van der Waals surface area contributed by atoms with Crippen LogP contribution in [0.5, 0.6) is 0 Å². The maximum absolute atomic E-state index is 11.4. The molecule has 0 unspecified atom stereocenters. The fraction of sp³-hybridized carbons (Fsp3) is 0.526. The average molecular weight is 367 g/mol. The first-order valence-corrected chi connectivity index (χ1v) is 9.45. The third-order valence-corrected chi connectivity index (χ3v) is 4.17. The minimum atomic E-state index is -0.112. The van der Waals surface area contributed by atoms with E-state index in [9.17, 15) is 4.79 Å². The second kappa shape index (κ2) is 14.4. The highest BCUT2D eigenvalue weighted by Crippen LogP contribution is 2.28. The van der Waals surface area contributed by atoms with Crippen LogP contribution in [-0.2, 0) is 4.79 Å². The van der Waals surface area contributed by atoms with Crippen LogP contribution >= 0.6 is 11.3 Å². The summed E-state index contributed by atoms with van der Waals surface area (Å²) in [5.74, 6) is -0.112. The summed E-state index contributed by atoms with van der Waals surface area (Å²) in [5.41, 5.74) is 14.1. The smallest absolute Gasteiger partial charge is 0.164 e. The zero-order valence-electron chi connectivity index (χ0n) is 16.9. The number of carbonyl (C=O) groups excluding carboxylic acids is 1. The molecule has 25 heavy (non-hydrogen) atoms. The molecule has 0 saturated carbocycles. The molecule has 0 amide bonds. The largest absolute Gasteiger partial charge is 0.404 e. The molecule has 1 rings (SSSR count). The molecule has 0 spiro atoms. The Morgan fingerprint density at radius 1 is 1.24 bits per heavy atom. The van der Waals surface area contributed by atoms with Gasteiger partial charge in [0.1, 0.15) is 5.01 Å². The minimum Gasteiger partial charge on any atom is -0.404 e. The van der Waals surface area contributed by atoms with E-state index in [0.717, 1.165) is 16.2 Å². The van der Waals surface area contributed by atoms with Gasteiger partial charge >= 0.3 is 0 Å². The Hall–Kier alpha value is -1.95. The Kier molecular flexibility index (Phi) is 14.6. The van der Waals surface area contributed by atoms with E-state index >= 15 is 0 Å². The number of hydrogen-bond acceptors (Lipinski definition) is 6. The van der Waals surface area contributed by atoms with Crippen LogP contribution in [0, 0.1) is 0 Å². The molecule has 1 aromatic rings. The zero-order chi connectivity index (χ0) is 20.0. The summed E-state index contributed by atoms with van der Waals surface area (Å²) in [5, 5.41) is 0.590. The van der Waals surface area contributed by atoms with Crippen molar-refractivity contribution in [2.24, 2.45) is 16.5 Å². The highest BCUT2D eigenvalue weighted by atomic mass is 32.1. The number of rotatable bonds is 5. The van der Waals surface area contributed by atoms with Gasteiger partial charge < -0.3 is 11.5 Å². The molecule has 0 bridgehead atoms. The van der Waals surface area contributed by atoms with E-state index in [1.165, 1.54) is 37.3 Å². The molecular weight excluding hydrogens is 332 g/mol. The Morgan fingerprint density at radius 3 is 2.08 bits per heavy atom. The summed E-state index contributed by atoms with van der Waals surface area (Å²) in [6.45, 7) is 13.5. The topological polar surface area (TPSA) is 94.4 Å². The summed E-state index contributed by atoms with van der Waals surface area (Å²) in [6.07, 6.45) is 5.61. The van der Waals surface area contributed by atoms with Crippen molar-refractivity contribution in [3.05, 3.63) is 28.0 Å². The molecule has 0 fully saturated rings. The lowest BCUT2D eigenvalue weighted by atomic mass is 10.1. The molecule has 0 radical (unpaired) electrons. The molecule has 142 valence electrons. The van der Waals surface area contributed by atoms with Gasteiger partial charge in [-0.25, -0.2) is 4.98 Å². The number of hydrogen-bond donors (Lipinski definition) is 2. The summed E-state index contributed by atoms with van der Waals surface area (Å²) in [4.78, 5) is 20.7. The fourth-order valence-corrected chi connectivity index (χ4v) is 2.77. The highest BCUT2D eigenvalue weighted by molar-refractivity contribution is 7.14. The molecule has 0 aliphatic heterocycles. The van der Waals surface area contributed by atoms with Gasteiger partial charge in [-0.05, 0) is 20.8 Å². The van der Waals surface area contributed by atoms with Crippen LogP contribution in [-0.4, -0.2) is 23.5 Å². The number of aliphatic imine (C=N–C) groups is 1. The average Bonchev–Trinajstić information content (AvgIpc) is 3.05. The predicted octanol–water partition coefficient (Wildman–Crippen LogP) is 4.64. The maximum atomic E-state index is 11.4. The van der Waals surface area contributed by atoms with E-state index in [0.29, 0.717) is 16.3 Å². The lowest BCUT2D eigenvalue weighted by Gasteiger charge is -2.05. The lowest BCUT2D eigenvalue weighted by Crippen LogP contribution is -2.04. The standard InChI is InChI=1S/C13H18N4OS.C4H10.C2H6/c1-7(15)12(8(2)16-4)11-6-17-13(19-11)10(5-14)9(3)18;1-3-4-2;1-2/h5-6H,14-15H2,1-4H3;3-4H2,1-2H3;1-2H3/b10-5-,12-7+,16-8?;;. The molecule has 0 aliphatic rings. The number of carbonyl (C=O) groups is 1. The highest BCUT2D eigenvalue weighted by Gasteiger charge is 2.15. The van der Waals surface area contributed by atoms with Crippen molar-refractivity contribution < 1.29 is 4.79 Å². The van der Waals surface area contributed by atoms with Crippen LogP contribution < -0.4 is 11.5 Å². The van der Waals surface area contributed by atoms with Gasteiger partial charge in [0.25, 0.3) is 0 Å². The van der Waals surface area contributed by atoms with Crippen LogP contribution in [0.1, 0.15) is 71.2 Å². The Bertz CT molecular complexity index is 607. The van der Waals surface area contributed by atoms with Crippen molar-refractivity contribution in [2.45, 2.75) is 61.3 Å². The molecule has 0 saturated heterocycles. The van der Waals surface area contributed by atoms with Gasteiger partial charge in [0, 0.05) is 36.4 Å². The third-order valence-electron chi connectivity index (χ3n) is 3.12. The molecule has 0 aromatic carbocycles. The van der Waals surface area contributed by atoms with Crippen molar-refractivity contribution in [1.82, 2.24) is 4.98 Å². The summed E-state index contributed by atoms with van der Waals surface area (Å²) in [6, 6.07) is 0. The fourth-order valence-electron chi connectivity index (χ4n) is 1.62. The quantitative estimate of drug-likeness (QED) is 0.586. The van der Waals surface area contributed by atoms with Crippen LogP contribution in [0.2, 0.25) is 0 Å². The van der Waals surface area contributed by atoms with E-state index < -0.39 is 0 Å². The van der Waals surface area contributed by atoms with Crippen LogP contribution in [0.4, 0.5) is 0 Å². The molecule has 1 aromatic heterocycles. The number of Topliss-reactive ketones (excluding diaryl/α,β-unsaturated/α-hetero) is 1. The van der Waals surface area contributed by atoms with Gasteiger partial charge in [0.05, 0.1) is 10.5 Å². The number of aromatic nitrogens is 1. The van der Waals surface area contributed by atoms with Crippen LogP contribution in [0.25, 0.3) is 11.1 Å². The normalized spacial score (nSPS) is 12.3. The molecule has 5 nitrogen and oxygen atoms in total. The van der Waals surface area contributed by atoms with E-state index in [2.05, 4.69) is 23.8 Å². The number of nitrogens with zero attached hydrogens (tertiary/aromatic N) is 2. The Balaban J connectivity index is 0. The van der Waals surface area contributed by atoms with Crippen LogP contribution in [0.15, 0.2) is 23.1 Å². The second-order valence-electron chi connectivity index (χ2n) is 5.03. The monoisotopic (exact) mass is 366 g/mol. The van der Waals surface area contributed by atoms with E-state index in [1.807, 2.05) is 27.7 Å². The maximum Gasteiger partial charge on any atom is 0.164 e. The van der Waals surface area contributed by atoms with E-state index in [1.54, 1.807) is 13.2 Å². The number of allylic oxidation sites excluding steroid dienone is 3. The number of nitrogens with two attached hydrogens (primary N) is 2. The summed E-state index contributed by atoms with van der Waals surface area (Å²) >= 11 is 1.38. The molecule has 6 heteroatoms. The van der Waals surface area contributed by atoms with Crippen molar-refractivity contribution >= 4 is 34.0 Å². The zero-order valence-corrected chi connectivity index (χ0v) is 17.8. The SMILES string of the molecule is CC.CCCC.CN=C(C)/C(=C(/C)N)c1cnc(/C(=C\N)C(C)=O)s1. The van der Waals surface area contributed by atoms with Gasteiger partial charge in [-0.1, -0.05) is 40.5 Å². The number of thiazole rings is 1. The third kappa shape index (κ3) is 8.63. The van der Waals surface area contributed by atoms with Crippen molar-refractivity contribution in [3.8, 4) is 0 Å². The van der Waals surface area contributed by atoms with Gasteiger partial charge in [-0.3, -0.25) is 9.79 Å². The Labute approximate surface area is 156 Å². The van der Waals surface area contributed by atoms with Crippen molar-refractivity contribution in [1.29, 1.82) is 0 Å². The van der Waals surface area contributed by atoms with Crippen LogP contribution in [0.3, 0.4) is 0 Å². The second-order valence-corrected chi connectivity index (χ2v) is 6.06. The van der Waals surface area contributed by atoms with E-state index in [-0.39, 0.29) is 5.78 Å². The molecule has 4 N–H and O–H groups in total. The van der Waals surface area contributed by atoms with E-state index in [4.69, 9.17) is 11.5 Å². The minimum absolute atomic E-state index is 0.112. The lowest BCUT2D eigenvalue weighted by molar-refractivity contribution is -0.111. The van der Waals surface area contributed by atoms with Gasteiger partial charge in [-0.15, -0.1) is 11.3 Å². The first kappa shape index (κ1) is 25.3. The Morgan fingerprint density at radius 2 is 1.76 bits per heavy atom. The molecule has 1 heterocycles. The molecule has 0 aliphatic carbocycles.